The van der Waals surface area contributed by atoms with E-state index in [0.29, 0.717) is 43.9 Å². The minimum absolute atomic E-state index is 0.0121. The molecule has 0 saturated heterocycles. The van der Waals surface area contributed by atoms with E-state index in [9.17, 15) is 18.0 Å². The van der Waals surface area contributed by atoms with Gasteiger partial charge in [-0.1, -0.05) is 142 Å². The molecule has 4 nitrogen and oxygen atoms in total. The van der Waals surface area contributed by atoms with Crippen LogP contribution in [-0.4, -0.2) is 30.5 Å². The van der Waals surface area contributed by atoms with E-state index >= 15 is 0 Å². The van der Waals surface area contributed by atoms with Crippen LogP contribution in [0.2, 0.25) is 5.02 Å². The predicted molar refractivity (Wildman–Crippen MR) is 193 cm³/mol. The molecule has 0 aromatic heterocycles. The molecule has 4 aromatic carbocycles. The van der Waals surface area contributed by atoms with E-state index in [2.05, 4.69) is 36.1 Å². The predicted octanol–water partition coefficient (Wildman–Crippen LogP) is 10.8. The number of carbonyl (C=O) groups excluding carboxylic acids is 1. The van der Waals surface area contributed by atoms with Crippen LogP contribution in [0.1, 0.15) is 97.9 Å². The number of carbonyl (C=O) groups is 1. The Morgan fingerprint density at radius 1 is 0.796 bits per heavy atom. The van der Waals surface area contributed by atoms with Gasteiger partial charge in [-0.3, -0.25) is 9.69 Å². The number of amides is 1. The van der Waals surface area contributed by atoms with Gasteiger partial charge in [-0.25, -0.2) is 0 Å². The topological polar surface area (TPSA) is 55.6 Å². The summed E-state index contributed by atoms with van der Waals surface area (Å²) in [6.45, 7) is 3.95. The summed E-state index contributed by atoms with van der Waals surface area (Å²) >= 11 is 6.37. The fourth-order valence-corrected chi connectivity index (χ4v) is 6.62. The average Bonchev–Trinajstić information content (AvgIpc) is 3.09. The Balaban J connectivity index is 1.47. The molecule has 0 fully saturated rings. The molecule has 1 unspecified atom stereocenters. The highest BCUT2D eigenvalue weighted by Crippen LogP contribution is 2.37. The number of alkyl halides is 3. The van der Waals surface area contributed by atoms with Crippen LogP contribution in [0, 0.1) is 0 Å². The van der Waals surface area contributed by atoms with Crippen LogP contribution in [0.5, 0.6) is 5.75 Å². The fourth-order valence-electron chi connectivity index (χ4n) is 6.33. The molecule has 0 bridgehead atoms. The van der Waals surface area contributed by atoms with Gasteiger partial charge in [0, 0.05) is 25.6 Å². The second-order valence-electron chi connectivity index (χ2n) is 12.7. The van der Waals surface area contributed by atoms with Crippen molar-refractivity contribution in [2.45, 2.75) is 82.8 Å². The molecule has 0 saturated carbocycles. The van der Waals surface area contributed by atoms with E-state index in [1.165, 1.54) is 25.3 Å². The van der Waals surface area contributed by atoms with Gasteiger partial charge in [0.05, 0.1) is 23.1 Å². The van der Waals surface area contributed by atoms with Gasteiger partial charge in [0.2, 0.25) is 5.91 Å². The van der Waals surface area contributed by atoms with E-state index in [1.54, 1.807) is 6.07 Å². The molecule has 0 aliphatic heterocycles. The first-order valence-electron chi connectivity index (χ1n) is 17.4. The van der Waals surface area contributed by atoms with Crippen LogP contribution in [0.3, 0.4) is 0 Å². The summed E-state index contributed by atoms with van der Waals surface area (Å²) in [5.41, 5.74) is 8.49. The monoisotopic (exact) mass is 692 g/mol. The quantitative estimate of drug-likeness (QED) is 0.0938. The number of rotatable bonds is 20. The number of hydrogen-bond acceptors (Lipinski definition) is 3. The zero-order chi connectivity index (χ0) is 35.1. The molecule has 49 heavy (non-hydrogen) atoms. The molecule has 0 aliphatic rings. The van der Waals surface area contributed by atoms with Gasteiger partial charge in [-0.05, 0) is 53.3 Å². The number of nitrogens with two attached hydrogens (primary N) is 1. The third-order valence-corrected chi connectivity index (χ3v) is 9.41. The molecule has 1 amide bonds. The van der Waals surface area contributed by atoms with Crippen molar-refractivity contribution < 1.29 is 22.7 Å². The third kappa shape index (κ3) is 11.9. The van der Waals surface area contributed by atoms with Crippen LogP contribution in [0.4, 0.5) is 13.2 Å². The lowest BCUT2D eigenvalue weighted by Crippen LogP contribution is -2.31. The molecule has 8 heteroatoms. The van der Waals surface area contributed by atoms with Crippen LogP contribution >= 0.6 is 11.6 Å². The highest BCUT2D eigenvalue weighted by atomic mass is 35.5. The van der Waals surface area contributed by atoms with Gasteiger partial charge in [0.1, 0.15) is 5.75 Å². The zero-order valence-corrected chi connectivity index (χ0v) is 29.1. The van der Waals surface area contributed by atoms with Gasteiger partial charge in [0.15, 0.2) is 0 Å². The Bertz CT molecular complexity index is 1530. The summed E-state index contributed by atoms with van der Waals surface area (Å²) in [4.78, 5) is 14.5. The molecule has 262 valence electrons. The molecule has 0 aliphatic carbocycles. The van der Waals surface area contributed by atoms with E-state index in [-0.39, 0.29) is 29.3 Å². The Morgan fingerprint density at radius 2 is 1.41 bits per heavy atom. The number of unbranched alkanes of at least 4 members (excludes halogenated alkanes) is 5. The standard InChI is InChI=1S/C41H48ClF3N2O2/c1-2-3-4-5-6-13-24-36(40(46)48)33-21-14-23-35(28-33)49-27-16-26-47(29-34-22-15-25-38(39(34)42)41(43,44)45)30-37(31-17-9-7-10-18-31)32-19-11-8-12-20-32/h7-12,14-15,17-23,25,28,36-37H,2-6,13,16,24,26-27,29-30H2,1H3,(H2,46,48). The Morgan fingerprint density at radius 3 is 2.04 bits per heavy atom. The third-order valence-electron chi connectivity index (χ3n) is 8.96. The highest BCUT2D eigenvalue weighted by molar-refractivity contribution is 6.32. The second-order valence-corrected chi connectivity index (χ2v) is 13.0. The number of nitrogens with zero attached hydrogens (tertiary/aromatic N) is 1. The van der Waals surface area contributed by atoms with Crippen molar-refractivity contribution in [1.29, 1.82) is 0 Å². The van der Waals surface area contributed by atoms with Crippen LogP contribution in [-0.2, 0) is 17.5 Å². The van der Waals surface area contributed by atoms with Crippen LogP contribution in [0.15, 0.2) is 103 Å². The fraction of sp³-hybridized carbons (Fsp3) is 0.390. The Hall–Kier alpha value is -3.81. The van der Waals surface area contributed by atoms with Crippen molar-refractivity contribution in [3.63, 3.8) is 0 Å². The van der Waals surface area contributed by atoms with Crippen molar-refractivity contribution in [1.82, 2.24) is 4.90 Å². The molecule has 0 radical (unpaired) electrons. The lowest BCUT2D eigenvalue weighted by molar-refractivity contribution is -0.137. The minimum Gasteiger partial charge on any atom is -0.494 e. The largest absolute Gasteiger partial charge is 0.494 e. The Labute approximate surface area is 294 Å². The summed E-state index contributed by atoms with van der Waals surface area (Å²) in [7, 11) is 0. The van der Waals surface area contributed by atoms with Crippen molar-refractivity contribution in [3.8, 4) is 5.75 Å². The van der Waals surface area contributed by atoms with Gasteiger partial charge in [-0.2, -0.15) is 13.2 Å². The van der Waals surface area contributed by atoms with Gasteiger partial charge in [0.25, 0.3) is 0 Å². The van der Waals surface area contributed by atoms with Crippen LogP contribution < -0.4 is 10.5 Å². The Kier molecular flexibility index (Phi) is 15.0. The lowest BCUT2D eigenvalue weighted by Gasteiger charge is -2.29. The second kappa shape index (κ2) is 19.4. The SMILES string of the molecule is CCCCCCCCC(C(N)=O)c1cccc(OCCCN(Cc2cccc(C(F)(F)F)c2Cl)CC(c2ccccc2)c2ccccc2)c1. The van der Waals surface area contributed by atoms with E-state index < -0.39 is 11.7 Å². The molecule has 0 spiro atoms. The van der Waals surface area contributed by atoms with Gasteiger partial charge < -0.3 is 10.5 Å². The maximum absolute atomic E-state index is 13.7. The molecular formula is C41H48ClF3N2O2. The summed E-state index contributed by atoms with van der Waals surface area (Å²) in [5, 5.41) is -0.269. The van der Waals surface area contributed by atoms with E-state index in [1.807, 2.05) is 60.7 Å². The lowest BCUT2D eigenvalue weighted by atomic mass is 9.90. The average molecular weight is 693 g/mol. The van der Waals surface area contributed by atoms with Gasteiger partial charge in [-0.15, -0.1) is 0 Å². The highest BCUT2D eigenvalue weighted by Gasteiger charge is 2.34. The zero-order valence-electron chi connectivity index (χ0n) is 28.3. The van der Waals surface area contributed by atoms with Crippen LogP contribution in [0.25, 0.3) is 0 Å². The van der Waals surface area contributed by atoms with Crippen molar-refractivity contribution in [2.75, 3.05) is 19.7 Å². The van der Waals surface area contributed by atoms with Crippen molar-refractivity contribution in [2.24, 2.45) is 5.73 Å². The first-order chi connectivity index (χ1) is 23.7. The number of ether oxygens (including phenoxy) is 1. The molecule has 4 rings (SSSR count). The summed E-state index contributed by atoms with van der Waals surface area (Å²) in [5.74, 6) is -0.0520. The summed E-state index contributed by atoms with van der Waals surface area (Å²) in [6, 6.07) is 31.9. The van der Waals surface area contributed by atoms with Crippen molar-refractivity contribution >= 4 is 17.5 Å². The minimum atomic E-state index is -4.54. The maximum Gasteiger partial charge on any atom is 0.417 e. The van der Waals surface area contributed by atoms with E-state index in [0.717, 1.165) is 42.0 Å². The number of benzene rings is 4. The number of primary amides is 1. The molecule has 0 heterocycles. The first-order valence-corrected chi connectivity index (χ1v) is 17.7. The van der Waals surface area contributed by atoms with E-state index in [4.69, 9.17) is 22.1 Å². The molecule has 1 atom stereocenters. The maximum atomic E-state index is 13.7. The number of hydrogen-bond donors (Lipinski definition) is 1. The summed E-state index contributed by atoms with van der Waals surface area (Å²) < 4.78 is 47.3. The first kappa shape index (κ1) is 38.0. The normalized spacial score (nSPS) is 12.4. The molecular weight excluding hydrogens is 645 g/mol. The van der Waals surface area contributed by atoms with Crippen molar-refractivity contribution in [3.05, 3.63) is 136 Å². The number of halogens is 4. The summed E-state index contributed by atoms with van der Waals surface area (Å²) in [6.07, 6.45) is 3.62. The van der Waals surface area contributed by atoms with Gasteiger partial charge >= 0.3 is 6.18 Å². The molecule has 2 N–H and O–H groups in total. The smallest absolute Gasteiger partial charge is 0.417 e. The molecule has 4 aromatic rings.